The number of amides is 1. The monoisotopic (exact) mass is 365 g/mol. The van der Waals surface area contributed by atoms with Gasteiger partial charge in [0.2, 0.25) is 5.91 Å². The van der Waals surface area contributed by atoms with E-state index in [0.29, 0.717) is 15.6 Å². The van der Waals surface area contributed by atoms with Crippen LogP contribution in [-0.2, 0) is 9.53 Å². The first kappa shape index (κ1) is 17.8. The standard InChI is InChI=1S/C17H13Cl2NO4/c1-24-17(23)11-3-6-14(15(21)8-11)20-16(22)7-4-10-2-5-12(18)9-13(10)19/h2-9,21H,1H3,(H,20,22)/b7-4+. The predicted octanol–water partition coefficient (Wildman–Crippen LogP) is 4.14. The Morgan fingerprint density at radius 2 is 1.92 bits per heavy atom. The fourth-order valence-electron chi connectivity index (χ4n) is 1.86. The Morgan fingerprint density at radius 3 is 2.54 bits per heavy atom. The highest BCUT2D eigenvalue weighted by atomic mass is 35.5. The molecule has 2 aromatic rings. The van der Waals surface area contributed by atoms with Gasteiger partial charge in [0.15, 0.2) is 0 Å². The van der Waals surface area contributed by atoms with Gasteiger partial charge in [0.25, 0.3) is 0 Å². The molecular weight excluding hydrogens is 353 g/mol. The van der Waals surface area contributed by atoms with Gasteiger partial charge >= 0.3 is 5.97 Å². The first-order valence-corrected chi connectivity index (χ1v) is 7.51. The lowest BCUT2D eigenvalue weighted by atomic mass is 10.2. The number of methoxy groups -OCH3 is 1. The molecule has 0 fully saturated rings. The van der Waals surface area contributed by atoms with Crippen molar-refractivity contribution >= 4 is 46.8 Å². The molecule has 24 heavy (non-hydrogen) atoms. The highest BCUT2D eigenvalue weighted by molar-refractivity contribution is 6.35. The highest BCUT2D eigenvalue weighted by Crippen LogP contribution is 2.25. The van der Waals surface area contributed by atoms with E-state index in [1.165, 1.54) is 37.5 Å². The molecule has 0 saturated heterocycles. The zero-order valence-electron chi connectivity index (χ0n) is 12.5. The molecule has 7 heteroatoms. The lowest BCUT2D eigenvalue weighted by Gasteiger charge is -2.07. The Labute approximate surface area is 148 Å². The normalized spacial score (nSPS) is 10.6. The van der Waals surface area contributed by atoms with Crippen LogP contribution in [0.25, 0.3) is 6.08 Å². The van der Waals surface area contributed by atoms with Crippen molar-refractivity contribution < 1.29 is 19.4 Å². The second kappa shape index (κ2) is 7.86. The minimum atomic E-state index is -0.583. The van der Waals surface area contributed by atoms with Gasteiger partial charge in [0, 0.05) is 16.1 Å². The van der Waals surface area contributed by atoms with Crippen LogP contribution < -0.4 is 5.32 Å². The number of ether oxygens (including phenoxy) is 1. The lowest BCUT2D eigenvalue weighted by molar-refractivity contribution is -0.111. The molecule has 0 saturated carbocycles. The molecule has 2 aromatic carbocycles. The van der Waals surface area contributed by atoms with Gasteiger partial charge in [-0.25, -0.2) is 4.79 Å². The van der Waals surface area contributed by atoms with E-state index in [1.807, 2.05) is 0 Å². The maximum absolute atomic E-state index is 11.9. The van der Waals surface area contributed by atoms with Crippen LogP contribution in [0.5, 0.6) is 5.75 Å². The molecule has 0 spiro atoms. The Bertz CT molecular complexity index is 818. The van der Waals surface area contributed by atoms with Crippen molar-refractivity contribution in [1.82, 2.24) is 0 Å². The number of hydrogen-bond donors (Lipinski definition) is 2. The lowest BCUT2D eigenvalue weighted by Crippen LogP contribution is -2.08. The Balaban J connectivity index is 2.09. The number of halogens is 2. The quantitative estimate of drug-likeness (QED) is 0.485. The van der Waals surface area contributed by atoms with E-state index in [1.54, 1.807) is 18.2 Å². The van der Waals surface area contributed by atoms with Crippen LogP contribution in [0.4, 0.5) is 5.69 Å². The highest BCUT2D eigenvalue weighted by Gasteiger charge is 2.10. The fourth-order valence-corrected chi connectivity index (χ4v) is 2.33. The van der Waals surface area contributed by atoms with Crippen LogP contribution in [0.15, 0.2) is 42.5 Å². The Kier molecular flexibility index (Phi) is 5.84. The van der Waals surface area contributed by atoms with Crippen LogP contribution in [0.3, 0.4) is 0 Å². The zero-order chi connectivity index (χ0) is 17.7. The molecule has 1 amide bonds. The summed E-state index contributed by atoms with van der Waals surface area (Å²) in [7, 11) is 1.24. The van der Waals surface area contributed by atoms with E-state index >= 15 is 0 Å². The number of phenolic OH excluding ortho intramolecular Hbond substituents is 1. The molecular formula is C17H13Cl2NO4. The van der Waals surface area contributed by atoms with E-state index in [-0.39, 0.29) is 17.0 Å². The topological polar surface area (TPSA) is 75.6 Å². The third kappa shape index (κ3) is 4.50. The second-order valence-corrected chi connectivity index (χ2v) is 5.56. The number of benzene rings is 2. The van der Waals surface area contributed by atoms with Gasteiger partial charge in [0.1, 0.15) is 5.75 Å². The minimum absolute atomic E-state index is 0.166. The summed E-state index contributed by atoms with van der Waals surface area (Å²) in [5, 5.41) is 13.3. The van der Waals surface area contributed by atoms with E-state index in [4.69, 9.17) is 23.2 Å². The summed E-state index contributed by atoms with van der Waals surface area (Å²) in [6.45, 7) is 0. The number of carbonyl (C=O) groups excluding carboxylic acids is 2. The molecule has 0 bridgehead atoms. The van der Waals surface area contributed by atoms with Crippen molar-refractivity contribution in [3.63, 3.8) is 0 Å². The Morgan fingerprint density at radius 1 is 1.17 bits per heavy atom. The molecule has 0 atom stereocenters. The van der Waals surface area contributed by atoms with Crippen LogP contribution in [0.2, 0.25) is 10.0 Å². The van der Waals surface area contributed by atoms with Gasteiger partial charge < -0.3 is 15.2 Å². The molecule has 124 valence electrons. The van der Waals surface area contributed by atoms with Crippen LogP contribution in [0, 0.1) is 0 Å². The third-order valence-electron chi connectivity index (χ3n) is 3.05. The number of esters is 1. The van der Waals surface area contributed by atoms with Crippen LogP contribution in [0.1, 0.15) is 15.9 Å². The number of rotatable bonds is 4. The van der Waals surface area contributed by atoms with Gasteiger partial charge in [-0.3, -0.25) is 4.79 Å². The average molecular weight is 366 g/mol. The van der Waals surface area contributed by atoms with Crippen molar-refractivity contribution in [2.45, 2.75) is 0 Å². The molecule has 2 rings (SSSR count). The summed E-state index contributed by atoms with van der Waals surface area (Å²) in [4.78, 5) is 23.3. The number of nitrogens with one attached hydrogen (secondary N) is 1. The molecule has 2 N–H and O–H groups in total. The van der Waals surface area contributed by atoms with E-state index in [0.717, 1.165) is 0 Å². The number of phenols is 1. The number of aromatic hydroxyl groups is 1. The molecule has 0 aliphatic carbocycles. The van der Waals surface area contributed by atoms with Gasteiger partial charge in [-0.15, -0.1) is 0 Å². The van der Waals surface area contributed by atoms with Crippen molar-refractivity contribution in [2.75, 3.05) is 12.4 Å². The average Bonchev–Trinajstić information content (AvgIpc) is 2.55. The van der Waals surface area contributed by atoms with Crippen molar-refractivity contribution in [2.24, 2.45) is 0 Å². The summed E-state index contributed by atoms with van der Waals surface area (Å²) in [6, 6.07) is 8.95. The number of carbonyl (C=O) groups is 2. The van der Waals surface area contributed by atoms with Crippen molar-refractivity contribution in [1.29, 1.82) is 0 Å². The maximum atomic E-state index is 11.9. The second-order valence-electron chi connectivity index (χ2n) is 4.71. The van der Waals surface area contributed by atoms with Gasteiger partial charge in [0.05, 0.1) is 18.4 Å². The summed E-state index contributed by atoms with van der Waals surface area (Å²) in [6.07, 6.45) is 2.79. The molecule has 5 nitrogen and oxygen atoms in total. The fraction of sp³-hybridized carbons (Fsp3) is 0.0588. The number of hydrogen-bond acceptors (Lipinski definition) is 4. The summed E-state index contributed by atoms with van der Waals surface area (Å²) in [5.74, 6) is -1.30. The maximum Gasteiger partial charge on any atom is 0.337 e. The van der Waals surface area contributed by atoms with Crippen molar-refractivity contribution in [3.05, 3.63) is 63.6 Å². The summed E-state index contributed by atoms with van der Waals surface area (Å²) < 4.78 is 4.55. The smallest absolute Gasteiger partial charge is 0.337 e. The van der Waals surface area contributed by atoms with Crippen LogP contribution in [-0.4, -0.2) is 24.1 Å². The van der Waals surface area contributed by atoms with Crippen LogP contribution >= 0.6 is 23.2 Å². The van der Waals surface area contributed by atoms with Crippen molar-refractivity contribution in [3.8, 4) is 5.75 Å². The third-order valence-corrected chi connectivity index (χ3v) is 3.62. The first-order chi connectivity index (χ1) is 11.4. The van der Waals surface area contributed by atoms with Gasteiger partial charge in [-0.2, -0.15) is 0 Å². The van der Waals surface area contributed by atoms with E-state index in [9.17, 15) is 14.7 Å². The van der Waals surface area contributed by atoms with E-state index < -0.39 is 11.9 Å². The minimum Gasteiger partial charge on any atom is -0.506 e. The summed E-state index contributed by atoms with van der Waals surface area (Å²) >= 11 is 11.8. The molecule has 0 aliphatic heterocycles. The molecule has 0 aromatic heterocycles. The van der Waals surface area contributed by atoms with Gasteiger partial charge in [-0.1, -0.05) is 29.3 Å². The Hall–Kier alpha value is -2.50. The first-order valence-electron chi connectivity index (χ1n) is 6.76. The molecule has 0 aliphatic rings. The largest absolute Gasteiger partial charge is 0.506 e. The predicted molar refractivity (Wildman–Crippen MR) is 93.6 cm³/mol. The molecule has 0 unspecified atom stereocenters. The SMILES string of the molecule is COC(=O)c1ccc(NC(=O)/C=C/c2ccc(Cl)cc2Cl)c(O)c1. The molecule has 0 radical (unpaired) electrons. The summed E-state index contributed by atoms with van der Waals surface area (Å²) in [5.41, 5.74) is 0.970. The number of anilines is 1. The molecule has 0 heterocycles. The van der Waals surface area contributed by atoms with E-state index in [2.05, 4.69) is 10.1 Å². The zero-order valence-corrected chi connectivity index (χ0v) is 14.1. The van der Waals surface area contributed by atoms with Gasteiger partial charge in [-0.05, 0) is 42.0 Å².